The van der Waals surface area contributed by atoms with Crippen molar-refractivity contribution in [2.24, 2.45) is 0 Å². The van der Waals surface area contributed by atoms with E-state index < -0.39 is 0 Å². The molecule has 5 heteroatoms. The molecule has 4 aromatic heterocycles. The molecule has 0 fully saturated rings. The van der Waals surface area contributed by atoms with Crippen molar-refractivity contribution in [3.8, 4) is 28.3 Å². The average molecular weight is 722 g/mol. The minimum atomic E-state index is 0.356. The lowest BCUT2D eigenvalue weighted by molar-refractivity contribution is 0.669. The van der Waals surface area contributed by atoms with E-state index in [-0.39, 0.29) is 0 Å². The van der Waals surface area contributed by atoms with Crippen LogP contribution >= 0.6 is 11.3 Å². The fourth-order valence-electron chi connectivity index (χ4n) is 8.70. The molecule has 12 rings (SSSR count). The molecule has 0 N–H and O–H groups in total. The Kier molecular flexibility index (Phi) is 6.59. The number of para-hydroxylation sites is 1. The lowest BCUT2D eigenvalue weighted by atomic mass is 9.91. The molecule has 4 heterocycles. The van der Waals surface area contributed by atoms with Crippen molar-refractivity contribution in [2.45, 2.75) is 12.3 Å². The van der Waals surface area contributed by atoms with Gasteiger partial charge in [-0.1, -0.05) is 121 Å². The molecule has 1 aliphatic carbocycles. The summed E-state index contributed by atoms with van der Waals surface area (Å²) in [5, 5.41) is 8.26. The van der Waals surface area contributed by atoms with Crippen LogP contribution in [-0.2, 0) is 0 Å². The first-order chi connectivity index (χ1) is 27.2. The van der Waals surface area contributed by atoms with Crippen molar-refractivity contribution < 1.29 is 4.42 Å². The largest absolute Gasteiger partial charge is 0.456 e. The second kappa shape index (κ2) is 11.8. The van der Waals surface area contributed by atoms with Gasteiger partial charge in [0.1, 0.15) is 11.2 Å². The summed E-state index contributed by atoms with van der Waals surface area (Å²) in [6, 6.07) is 52.2. The smallest absolute Gasteiger partial charge is 0.160 e. The zero-order valence-electron chi connectivity index (χ0n) is 29.6. The molecule has 1 aliphatic rings. The van der Waals surface area contributed by atoms with Crippen LogP contribution in [0.25, 0.3) is 103 Å². The fourth-order valence-corrected chi connectivity index (χ4v) is 9.86. The van der Waals surface area contributed by atoms with Gasteiger partial charge in [-0.3, -0.25) is 0 Å². The zero-order chi connectivity index (χ0) is 36.0. The quantitative estimate of drug-likeness (QED) is 0.182. The van der Waals surface area contributed by atoms with E-state index in [1.165, 1.54) is 42.8 Å². The Hall–Kier alpha value is -6.82. The van der Waals surface area contributed by atoms with Crippen LogP contribution in [0.4, 0.5) is 0 Å². The Labute approximate surface area is 319 Å². The third-order valence-electron chi connectivity index (χ3n) is 11.3. The van der Waals surface area contributed by atoms with Crippen molar-refractivity contribution >= 4 is 86.2 Å². The third kappa shape index (κ3) is 4.70. The molecule has 0 radical (unpaired) electrons. The summed E-state index contributed by atoms with van der Waals surface area (Å²) >= 11 is 1.77. The van der Waals surface area contributed by atoms with Gasteiger partial charge in [0.05, 0.1) is 26.9 Å². The highest BCUT2D eigenvalue weighted by atomic mass is 32.1. The van der Waals surface area contributed by atoms with E-state index in [4.69, 9.17) is 14.4 Å². The highest BCUT2D eigenvalue weighted by Crippen LogP contribution is 2.42. The number of furan rings is 1. The molecule has 7 aromatic carbocycles. The van der Waals surface area contributed by atoms with Gasteiger partial charge in [0.2, 0.25) is 0 Å². The zero-order valence-corrected chi connectivity index (χ0v) is 30.4. The standard InChI is InChI=1S/C50H31N3OS/c1-2-11-30(12-3-1)32-14-10-15-33(27-32)46-49-47(40-18-7-9-20-45(40)55-49)52-50(51-46)34-22-24-38-41-29-35(23-26-43(41)54-44(38)28-34)53-42-19-8-6-17-37(42)39-25-21-31-13-4-5-16-36(31)48(39)53/h1-11,13-30H,12H2. The van der Waals surface area contributed by atoms with Crippen LogP contribution in [0.15, 0.2) is 174 Å². The second-order valence-corrected chi connectivity index (χ2v) is 15.5. The predicted molar refractivity (Wildman–Crippen MR) is 231 cm³/mol. The number of nitrogens with zero attached hydrogens (tertiary/aromatic N) is 3. The van der Waals surface area contributed by atoms with E-state index in [2.05, 4.69) is 174 Å². The predicted octanol–water partition coefficient (Wildman–Crippen LogP) is 13.9. The molecule has 0 saturated carbocycles. The van der Waals surface area contributed by atoms with Crippen LogP contribution in [0, 0.1) is 0 Å². The molecule has 0 spiro atoms. The molecular weight excluding hydrogens is 691 g/mol. The van der Waals surface area contributed by atoms with Crippen molar-refractivity contribution in [3.05, 3.63) is 175 Å². The van der Waals surface area contributed by atoms with Gasteiger partial charge in [-0.25, -0.2) is 9.97 Å². The monoisotopic (exact) mass is 721 g/mol. The Morgan fingerprint density at radius 3 is 2.38 bits per heavy atom. The summed E-state index contributed by atoms with van der Waals surface area (Å²) < 4.78 is 11.3. The average Bonchev–Trinajstić information content (AvgIpc) is 3.93. The number of thiophene rings is 1. The molecule has 11 aromatic rings. The number of fused-ring (bicyclic) bond motifs is 11. The lowest BCUT2D eigenvalue weighted by Gasteiger charge is -2.15. The van der Waals surface area contributed by atoms with Crippen molar-refractivity contribution in [1.29, 1.82) is 0 Å². The van der Waals surface area contributed by atoms with E-state index in [9.17, 15) is 0 Å². The minimum Gasteiger partial charge on any atom is -0.456 e. The Bertz CT molecular complexity index is 3430. The highest BCUT2D eigenvalue weighted by Gasteiger charge is 2.20. The molecule has 0 saturated heterocycles. The number of benzene rings is 7. The molecule has 1 unspecified atom stereocenters. The molecule has 258 valence electrons. The maximum absolute atomic E-state index is 6.60. The topological polar surface area (TPSA) is 43.9 Å². The molecule has 4 nitrogen and oxygen atoms in total. The Balaban J connectivity index is 1.03. The van der Waals surface area contributed by atoms with Crippen molar-refractivity contribution in [3.63, 3.8) is 0 Å². The van der Waals surface area contributed by atoms with E-state index in [1.807, 2.05) is 0 Å². The minimum absolute atomic E-state index is 0.356. The van der Waals surface area contributed by atoms with Gasteiger partial charge in [-0.05, 0) is 65.9 Å². The van der Waals surface area contributed by atoms with Crippen LogP contribution in [0.2, 0.25) is 0 Å². The summed E-state index contributed by atoms with van der Waals surface area (Å²) in [4.78, 5) is 10.6. The van der Waals surface area contributed by atoms with E-state index in [0.717, 1.165) is 66.5 Å². The van der Waals surface area contributed by atoms with Crippen LogP contribution in [0.5, 0.6) is 0 Å². The van der Waals surface area contributed by atoms with Gasteiger partial charge in [0.25, 0.3) is 0 Å². The molecule has 1 atom stereocenters. The summed E-state index contributed by atoms with van der Waals surface area (Å²) in [5.74, 6) is 1.05. The number of rotatable bonds is 4. The summed E-state index contributed by atoms with van der Waals surface area (Å²) in [6.07, 6.45) is 9.81. The maximum Gasteiger partial charge on any atom is 0.160 e. The summed E-state index contributed by atoms with van der Waals surface area (Å²) in [6.45, 7) is 0. The van der Waals surface area contributed by atoms with Crippen molar-refractivity contribution in [1.82, 2.24) is 14.5 Å². The van der Waals surface area contributed by atoms with Gasteiger partial charge < -0.3 is 8.98 Å². The van der Waals surface area contributed by atoms with Gasteiger partial charge in [0, 0.05) is 59.7 Å². The highest BCUT2D eigenvalue weighted by molar-refractivity contribution is 7.26. The molecule has 0 amide bonds. The molecular formula is C50H31N3OS. The van der Waals surface area contributed by atoms with Crippen molar-refractivity contribution in [2.75, 3.05) is 0 Å². The first-order valence-electron chi connectivity index (χ1n) is 18.8. The molecule has 55 heavy (non-hydrogen) atoms. The Morgan fingerprint density at radius 2 is 1.45 bits per heavy atom. The van der Waals surface area contributed by atoms with Gasteiger partial charge >= 0.3 is 0 Å². The third-order valence-corrected chi connectivity index (χ3v) is 12.5. The van der Waals surface area contributed by atoms with Crippen LogP contribution < -0.4 is 0 Å². The number of hydrogen-bond donors (Lipinski definition) is 0. The fraction of sp³-hybridized carbons (Fsp3) is 0.0400. The first-order valence-corrected chi connectivity index (χ1v) is 19.6. The van der Waals surface area contributed by atoms with E-state index >= 15 is 0 Å². The normalized spacial score (nSPS) is 14.5. The molecule has 0 aliphatic heterocycles. The number of allylic oxidation sites excluding steroid dienone is 4. The maximum atomic E-state index is 6.60. The number of aromatic nitrogens is 3. The van der Waals surface area contributed by atoms with E-state index in [1.54, 1.807) is 11.3 Å². The molecule has 0 bridgehead atoms. The number of hydrogen-bond acceptors (Lipinski definition) is 4. The summed E-state index contributed by atoms with van der Waals surface area (Å²) in [7, 11) is 0. The van der Waals surface area contributed by atoms with Gasteiger partial charge in [-0.15, -0.1) is 11.3 Å². The lowest BCUT2D eigenvalue weighted by Crippen LogP contribution is -1.98. The Morgan fingerprint density at radius 1 is 0.600 bits per heavy atom. The van der Waals surface area contributed by atoms with E-state index in [0.29, 0.717) is 11.7 Å². The van der Waals surface area contributed by atoms with Crippen LogP contribution in [0.3, 0.4) is 0 Å². The first kappa shape index (κ1) is 30.6. The van der Waals surface area contributed by atoms with Gasteiger partial charge in [0.15, 0.2) is 5.82 Å². The second-order valence-electron chi connectivity index (χ2n) is 14.5. The van der Waals surface area contributed by atoms with Gasteiger partial charge in [-0.2, -0.15) is 0 Å². The SMILES string of the molecule is C1=CCC(c2cccc(-c3nc(-c4ccc5c(c4)oc4ccc(-n6c7ccccc7c7ccc8ccccc8c76)cc45)nc4c3sc3ccccc34)c2)C=C1. The summed E-state index contributed by atoms with van der Waals surface area (Å²) in [5.41, 5.74) is 10.5. The van der Waals surface area contributed by atoms with Crippen LogP contribution in [-0.4, -0.2) is 14.5 Å². The van der Waals surface area contributed by atoms with Crippen LogP contribution in [0.1, 0.15) is 17.9 Å².